The molecule has 0 bridgehead atoms. The second-order valence-electron chi connectivity index (χ2n) is 5.47. The van der Waals surface area contributed by atoms with Crippen molar-refractivity contribution in [1.29, 1.82) is 0 Å². The van der Waals surface area contributed by atoms with Crippen LogP contribution in [0.3, 0.4) is 0 Å². The summed E-state index contributed by atoms with van der Waals surface area (Å²) >= 11 is 1.32. The van der Waals surface area contributed by atoms with E-state index in [0.29, 0.717) is 10.9 Å². The predicted molar refractivity (Wildman–Crippen MR) is 81.1 cm³/mol. The molecule has 2 aromatic rings. The maximum atomic E-state index is 12.3. The van der Waals surface area contributed by atoms with Crippen molar-refractivity contribution in [3.05, 3.63) is 33.5 Å². The fourth-order valence-electron chi connectivity index (χ4n) is 2.39. The summed E-state index contributed by atoms with van der Waals surface area (Å²) in [6.07, 6.45) is 2.02. The van der Waals surface area contributed by atoms with Gasteiger partial charge in [0.05, 0.1) is 5.75 Å². The Morgan fingerprint density at radius 1 is 1.48 bits per heavy atom. The molecule has 6 nitrogen and oxygen atoms in total. The van der Waals surface area contributed by atoms with Crippen LogP contribution in [0.25, 0.3) is 0 Å². The molecule has 21 heavy (non-hydrogen) atoms. The summed E-state index contributed by atoms with van der Waals surface area (Å²) in [4.78, 5) is 24.0. The Bertz CT molecular complexity index is 752. The third-order valence-corrected chi connectivity index (χ3v) is 4.94. The summed E-state index contributed by atoms with van der Waals surface area (Å²) in [5, 5.41) is 7.10. The van der Waals surface area contributed by atoms with E-state index < -0.39 is 0 Å². The van der Waals surface area contributed by atoms with Crippen LogP contribution in [0.1, 0.15) is 40.6 Å². The van der Waals surface area contributed by atoms with Gasteiger partial charge in [0.15, 0.2) is 10.9 Å². The number of aryl methyl sites for hydroxylation is 1. The number of aromatic amines is 1. The highest BCUT2D eigenvalue weighted by Gasteiger charge is 2.29. The molecule has 7 heteroatoms. The summed E-state index contributed by atoms with van der Waals surface area (Å²) in [5.41, 5.74) is 2.60. The average Bonchev–Trinajstić information content (AvgIpc) is 3.18. The topological polar surface area (TPSA) is 72.7 Å². The Morgan fingerprint density at radius 3 is 2.76 bits per heavy atom. The number of H-pyrrole nitrogens is 1. The van der Waals surface area contributed by atoms with Gasteiger partial charge in [0.1, 0.15) is 0 Å². The van der Waals surface area contributed by atoms with Crippen molar-refractivity contribution in [3.63, 3.8) is 0 Å². The lowest BCUT2D eigenvalue weighted by Crippen LogP contribution is -2.16. The minimum absolute atomic E-state index is 0.0685. The van der Waals surface area contributed by atoms with Crippen LogP contribution in [-0.4, -0.2) is 30.9 Å². The van der Waals surface area contributed by atoms with Crippen molar-refractivity contribution in [2.75, 3.05) is 5.75 Å². The van der Waals surface area contributed by atoms with Crippen LogP contribution in [0.2, 0.25) is 0 Å². The van der Waals surface area contributed by atoms with Gasteiger partial charge in [-0.15, -0.1) is 5.10 Å². The number of thioether (sulfide) groups is 1. The third kappa shape index (κ3) is 2.57. The van der Waals surface area contributed by atoms with Crippen molar-refractivity contribution in [2.45, 2.75) is 37.9 Å². The van der Waals surface area contributed by atoms with Gasteiger partial charge < -0.3 is 4.57 Å². The van der Waals surface area contributed by atoms with E-state index in [1.54, 1.807) is 4.57 Å². The molecule has 0 unspecified atom stereocenters. The molecule has 2 heterocycles. The smallest absolute Gasteiger partial charge is 0.344 e. The zero-order valence-electron chi connectivity index (χ0n) is 12.3. The number of carbonyl (C=O) groups excluding carboxylic acids is 1. The standard InChI is InChI=1S/C14H18N4O2S/c1-8-6-11(9(2)17(8)3)12(19)7-21-14-16-15-13(20)18(14)10-4-5-10/h6,10H,4-5,7H2,1-3H3,(H,15,20). The highest BCUT2D eigenvalue weighted by atomic mass is 32.2. The molecule has 1 aliphatic carbocycles. The molecule has 0 spiro atoms. The summed E-state index contributed by atoms with van der Waals surface area (Å²) in [6.45, 7) is 3.93. The Balaban J connectivity index is 1.74. The zero-order valence-corrected chi connectivity index (χ0v) is 13.2. The number of nitrogens with zero attached hydrogens (tertiary/aromatic N) is 3. The Labute approximate surface area is 126 Å². The fraction of sp³-hybridized carbons (Fsp3) is 0.500. The number of carbonyl (C=O) groups is 1. The number of rotatable bonds is 5. The van der Waals surface area contributed by atoms with E-state index >= 15 is 0 Å². The second-order valence-corrected chi connectivity index (χ2v) is 6.41. The second kappa shape index (κ2) is 5.22. The zero-order chi connectivity index (χ0) is 15.1. The summed E-state index contributed by atoms with van der Waals surface area (Å²) in [7, 11) is 1.95. The average molecular weight is 306 g/mol. The fourth-order valence-corrected chi connectivity index (χ4v) is 3.29. The molecule has 0 atom stereocenters. The maximum Gasteiger partial charge on any atom is 0.344 e. The van der Waals surface area contributed by atoms with Gasteiger partial charge in [0.25, 0.3) is 0 Å². The highest BCUT2D eigenvalue weighted by molar-refractivity contribution is 7.99. The molecule has 1 aliphatic rings. The van der Waals surface area contributed by atoms with Gasteiger partial charge in [-0.3, -0.25) is 9.36 Å². The predicted octanol–water partition coefficient (Wildman–Crippen LogP) is 1.84. The Kier molecular flexibility index (Phi) is 3.52. The summed E-state index contributed by atoms with van der Waals surface area (Å²) < 4.78 is 3.67. The van der Waals surface area contributed by atoms with Crippen LogP contribution in [-0.2, 0) is 7.05 Å². The van der Waals surface area contributed by atoms with Gasteiger partial charge in [-0.05, 0) is 32.8 Å². The number of hydrogen-bond acceptors (Lipinski definition) is 4. The molecule has 0 amide bonds. The SMILES string of the molecule is Cc1cc(C(=O)CSc2n[nH]c(=O)n2C2CC2)c(C)n1C. The van der Waals surface area contributed by atoms with Crippen molar-refractivity contribution in [3.8, 4) is 0 Å². The Hall–Kier alpha value is -1.76. The molecular formula is C14H18N4O2S. The molecule has 112 valence electrons. The molecule has 0 saturated heterocycles. The van der Waals surface area contributed by atoms with E-state index in [9.17, 15) is 9.59 Å². The van der Waals surface area contributed by atoms with E-state index in [1.807, 2.05) is 31.5 Å². The van der Waals surface area contributed by atoms with Gasteiger partial charge in [0.2, 0.25) is 0 Å². The quantitative estimate of drug-likeness (QED) is 0.676. The summed E-state index contributed by atoms with van der Waals surface area (Å²) in [6, 6.07) is 2.17. The number of Topliss-reactive ketones (excluding diaryl/α,β-unsaturated/α-hetero) is 1. The molecule has 0 aromatic carbocycles. The minimum Gasteiger partial charge on any atom is -0.351 e. The summed E-state index contributed by atoms with van der Waals surface area (Å²) in [5.74, 6) is 0.361. The van der Waals surface area contributed by atoms with Crippen molar-refractivity contribution in [1.82, 2.24) is 19.3 Å². The molecule has 1 saturated carbocycles. The molecule has 0 aliphatic heterocycles. The molecule has 3 rings (SSSR count). The van der Waals surface area contributed by atoms with E-state index in [0.717, 1.165) is 29.8 Å². The number of hydrogen-bond donors (Lipinski definition) is 1. The molecule has 0 radical (unpaired) electrons. The minimum atomic E-state index is -0.181. The molecule has 1 N–H and O–H groups in total. The van der Waals surface area contributed by atoms with Crippen LogP contribution in [0.15, 0.2) is 16.0 Å². The molecule has 2 aromatic heterocycles. The van der Waals surface area contributed by atoms with Crippen LogP contribution in [0, 0.1) is 13.8 Å². The van der Waals surface area contributed by atoms with Crippen LogP contribution in [0.4, 0.5) is 0 Å². The Morgan fingerprint density at radius 2 is 2.19 bits per heavy atom. The molecule has 1 fully saturated rings. The van der Waals surface area contributed by atoms with Gasteiger partial charge in [-0.1, -0.05) is 11.8 Å². The first kappa shape index (κ1) is 14.2. The number of aromatic nitrogens is 4. The largest absolute Gasteiger partial charge is 0.351 e. The lowest BCUT2D eigenvalue weighted by Gasteiger charge is -2.04. The van der Waals surface area contributed by atoms with E-state index in [1.165, 1.54) is 11.8 Å². The number of nitrogens with one attached hydrogen (secondary N) is 1. The van der Waals surface area contributed by atoms with E-state index in [2.05, 4.69) is 10.2 Å². The van der Waals surface area contributed by atoms with Crippen LogP contribution in [0.5, 0.6) is 0 Å². The molecular weight excluding hydrogens is 288 g/mol. The van der Waals surface area contributed by atoms with Crippen molar-refractivity contribution < 1.29 is 4.79 Å². The van der Waals surface area contributed by atoms with Crippen molar-refractivity contribution in [2.24, 2.45) is 7.05 Å². The first-order chi connectivity index (χ1) is 9.99. The lowest BCUT2D eigenvalue weighted by atomic mass is 10.2. The lowest BCUT2D eigenvalue weighted by molar-refractivity contribution is 0.102. The third-order valence-electron chi connectivity index (χ3n) is 3.99. The monoisotopic (exact) mass is 306 g/mol. The van der Waals surface area contributed by atoms with Crippen molar-refractivity contribution >= 4 is 17.5 Å². The van der Waals surface area contributed by atoms with Gasteiger partial charge >= 0.3 is 5.69 Å². The normalized spacial score (nSPS) is 14.6. The van der Waals surface area contributed by atoms with Crippen LogP contribution < -0.4 is 5.69 Å². The van der Waals surface area contributed by atoms with Gasteiger partial charge in [0, 0.05) is 30.0 Å². The first-order valence-electron chi connectivity index (χ1n) is 6.95. The van der Waals surface area contributed by atoms with Gasteiger partial charge in [-0.2, -0.15) is 0 Å². The first-order valence-corrected chi connectivity index (χ1v) is 7.93. The van der Waals surface area contributed by atoms with E-state index in [4.69, 9.17) is 0 Å². The van der Waals surface area contributed by atoms with Crippen LogP contribution >= 0.6 is 11.8 Å². The maximum absolute atomic E-state index is 12.3. The number of ketones is 1. The highest BCUT2D eigenvalue weighted by Crippen LogP contribution is 2.36. The van der Waals surface area contributed by atoms with Gasteiger partial charge in [-0.25, -0.2) is 9.89 Å². The van der Waals surface area contributed by atoms with E-state index in [-0.39, 0.29) is 17.5 Å².